The zero-order valence-electron chi connectivity index (χ0n) is 22.6. The van der Waals surface area contributed by atoms with Crippen LogP contribution < -0.4 is 4.74 Å². The van der Waals surface area contributed by atoms with E-state index in [0.29, 0.717) is 24.6 Å². The van der Waals surface area contributed by atoms with Gasteiger partial charge in [-0.15, -0.1) is 11.3 Å². The van der Waals surface area contributed by atoms with Crippen LogP contribution in [-0.2, 0) is 11.2 Å². The van der Waals surface area contributed by atoms with Crippen molar-refractivity contribution < 1.29 is 14.3 Å². The highest BCUT2D eigenvalue weighted by atomic mass is 32.1. The summed E-state index contributed by atoms with van der Waals surface area (Å²) in [6, 6.07) is 17.7. The lowest BCUT2D eigenvalue weighted by atomic mass is 10.00. The zero-order valence-corrected chi connectivity index (χ0v) is 23.4. The van der Waals surface area contributed by atoms with Crippen LogP contribution in [0.3, 0.4) is 0 Å². The summed E-state index contributed by atoms with van der Waals surface area (Å²) in [5.74, 6) is 1.12. The number of amides is 2. The van der Waals surface area contributed by atoms with Crippen LogP contribution in [0.25, 0.3) is 0 Å². The van der Waals surface area contributed by atoms with Crippen LogP contribution in [0.1, 0.15) is 78.0 Å². The lowest BCUT2D eigenvalue weighted by molar-refractivity contribution is -0.136. The molecule has 0 bridgehead atoms. The molecule has 5 nitrogen and oxygen atoms in total. The average molecular weight is 519 g/mol. The van der Waals surface area contributed by atoms with Crippen LogP contribution in [0.15, 0.2) is 60.0 Å². The van der Waals surface area contributed by atoms with Gasteiger partial charge in [-0.3, -0.25) is 9.59 Å². The molecule has 0 spiro atoms. The van der Waals surface area contributed by atoms with E-state index in [1.165, 1.54) is 10.4 Å². The van der Waals surface area contributed by atoms with Gasteiger partial charge in [0.1, 0.15) is 18.9 Å². The highest BCUT2D eigenvalue weighted by molar-refractivity contribution is 7.10. The van der Waals surface area contributed by atoms with Crippen LogP contribution in [-0.4, -0.2) is 47.4 Å². The number of carbonyl (C=O) groups is 2. The minimum atomic E-state index is -0.180. The molecule has 6 heteroatoms. The van der Waals surface area contributed by atoms with Gasteiger partial charge in [0, 0.05) is 23.0 Å². The molecule has 0 saturated carbocycles. The number of carbonyl (C=O) groups excluding carboxylic acids is 2. The molecule has 1 aliphatic heterocycles. The highest BCUT2D eigenvalue weighted by Crippen LogP contribution is 2.34. The van der Waals surface area contributed by atoms with Crippen LogP contribution in [0, 0.1) is 6.92 Å². The normalized spacial score (nSPS) is 15.8. The first-order valence-electron chi connectivity index (χ1n) is 13.2. The number of rotatable bonds is 9. The van der Waals surface area contributed by atoms with Gasteiger partial charge >= 0.3 is 0 Å². The van der Waals surface area contributed by atoms with Gasteiger partial charge in [-0.2, -0.15) is 0 Å². The van der Waals surface area contributed by atoms with E-state index in [-0.39, 0.29) is 30.4 Å². The smallest absolute Gasteiger partial charge is 0.254 e. The summed E-state index contributed by atoms with van der Waals surface area (Å²) in [7, 11) is 0. The molecular weight excluding hydrogens is 480 g/mol. The van der Waals surface area contributed by atoms with Gasteiger partial charge in [-0.05, 0) is 79.4 Å². The quantitative estimate of drug-likeness (QED) is 0.320. The first-order valence-corrected chi connectivity index (χ1v) is 14.1. The van der Waals surface area contributed by atoms with E-state index < -0.39 is 0 Å². The Balaban J connectivity index is 1.52. The van der Waals surface area contributed by atoms with Crippen molar-refractivity contribution in [3.05, 3.63) is 87.1 Å². The molecule has 0 unspecified atom stereocenters. The van der Waals surface area contributed by atoms with Gasteiger partial charge in [0.2, 0.25) is 5.91 Å². The van der Waals surface area contributed by atoms with Gasteiger partial charge in [-0.25, -0.2) is 0 Å². The topological polar surface area (TPSA) is 49.9 Å². The predicted molar refractivity (Wildman–Crippen MR) is 150 cm³/mol. The van der Waals surface area contributed by atoms with Crippen molar-refractivity contribution in [1.82, 2.24) is 9.80 Å². The molecule has 2 atom stereocenters. The largest absolute Gasteiger partial charge is 0.491 e. The van der Waals surface area contributed by atoms with E-state index in [1.54, 1.807) is 16.2 Å². The van der Waals surface area contributed by atoms with Crippen molar-refractivity contribution in [2.45, 2.75) is 65.5 Å². The van der Waals surface area contributed by atoms with E-state index in [9.17, 15) is 9.59 Å². The van der Waals surface area contributed by atoms with Crippen LogP contribution in [0.5, 0.6) is 5.75 Å². The van der Waals surface area contributed by atoms with Crippen molar-refractivity contribution in [2.75, 3.05) is 19.7 Å². The number of hydrogen-bond donors (Lipinski definition) is 0. The molecule has 0 N–H and O–H groups in total. The molecule has 0 fully saturated rings. The van der Waals surface area contributed by atoms with Crippen molar-refractivity contribution in [1.29, 1.82) is 0 Å². The third kappa shape index (κ3) is 6.24. The Morgan fingerprint density at radius 3 is 2.41 bits per heavy atom. The summed E-state index contributed by atoms with van der Waals surface area (Å²) in [6.45, 7) is 11.5. The number of thiophene rings is 1. The van der Waals surface area contributed by atoms with Crippen LogP contribution in [0.2, 0.25) is 0 Å². The van der Waals surface area contributed by atoms with E-state index in [4.69, 9.17) is 4.74 Å². The number of nitrogens with zero attached hydrogens (tertiary/aromatic N) is 2. The molecule has 2 aromatic carbocycles. The van der Waals surface area contributed by atoms with E-state index in [1.807, 2.05) is 62.1 Å². The fraction of sp³-hybridized carbons (Fsp3) is 0.419. The second-order valence-corrected chi connectivity index (χ2v) is 11.2. The molecule has 0 radical (unpaired) electrons. The lowest BCUT2D eigenvalue weighted by Crippen LogP contribution is -2.49. The molecule has 3 aromatic rings. The van der Waals surface area contributed by atoms with Gasteiger partial charge in [0.05, 0.1) is 6.04 Å². The van der Waals surface area contributed by atoms with E-state index in [2.05, 4.69) is 37.4 Å². The second-order valence-electron chi connectivity index (χ2n) is 10.2. The number of hydrogen-bond acceptors (Lipinski definition) is 4. The van der Waals surface area contributed by atoms with Crippen molar-refractivity contribution >= 4 is 23.2 Å². The summed E-state index contributed by atoms with van der Waals surface area (Å²) in [4.78, 5) is 32.1. The fourth-order valence-corrected chi connectivity index (χ4v) is 5.67. The fourth-order valence-electron chi connectivity index (χ4n) is 4.75. The highest BCUT2D eigenvalue weighted by Gasteiger charge is 2.34. The Labute approximate surface area is 225 Å². The Morgan fingerprint density at radius 2 is 1.76 bits per heavy atom. The summed E-state index contributed by atoms with van der Waals surface area (Å²) in [5, 5.41) is 2.09. The van der Waals surface area contributed by atoms with Gasteiger partial charge < -0.3 is 14.5 Å². The maximum Gasteiger partial charge on any atom is 0.254 e. The monoisotopic (exact) mass is 518 g/mol. The molecule has 1 aromatic heterocycles. The maximum absolute atomic E-state index is 13.8. The SMILES string of the molecule is CC[C@@H](C)N(CC(=O)N1CCc2sccc2[C@H]1COc1ccc(C(C)C)cc1)C(=O)c1ccc(C)cc1. The Bertz CT molecular complexity index is 1200. The summed E-state index contributed by atoms with van der Waals surface area (Å²) < 4.78 is 6.22. The molecule has 37 heavy (non-hydrogen) atoms. The number of fused-ring (bicyclic) bond motifs is 1. The molecule has 0 saturated heterocycles. The minimum absolute atomic E-state index is 0.0404. The maximum atomic E-state index is 13.8. The third-order valence-electron chi connectivity index (χ3n) is 7.36. The predicted octanol–water partition coefficient (Wildman–Crippen LogP) is 6.63. The first-order chi connectivity index (χ1) is 17.8. The second kappa shape index (κ2) is 12.0. The standard InChI is InChI=1S/C31H38N2O3S/c1-6-23(5)33(31(35)25-9-7-22(4)8-10-25)19-30(34)32-17-15-29-27(16-18-37-29)28(32)20-36-26-13-11-24(12-14-26)21(2)3/h7-14,16,18,21,23,28H,6,15,17,19-20H2,1-5H3/t23-,28-/m1/s1. The molecule has 196 valence electrons. The van der Waals surface area contributed by atoms with Crippen molar-refractivity contribution in [3.63, 3.8) is 0 Å². The van der Waals surface area contributed by atoms with Gasteiger partial charge in [0.15, 0.2) is 0 Å². The van der Waals surface area contributed by atoms with Crippen molar-refractivity contribution in [3.8, 4) is 5.75 Å². The zero-order chi connectivity index (χ0) is 26.5. The Kier molecular flexibility index (Phi) is 8.70. The van der Waals surface area contributed by atoms with Crippen molar-refractivity contribution in [2.24, 2.45) is 0 Å². The summed E-state index contributed by atoms with van der Waals surface area (Å²) in [5.41, 5.74) is 4.14. The number of ether oxygens (including phenoxy) is 1. The summed E-state index contributed by atoms with van der Waals surface area (Å²) in [6.07, 6.45) is 1.60. The minimum Gasteiger partial charge on any atom is -0.491 e. The number of benzene rings is 2. The molecule has 4 rings (SSSR count). The van der Waals surface area contributed by atoms with Crippen LogP contribution in [0.4, 0.5) is 0 Å². The van der Waals surface area contributed by atoms with Gasteiger partial charge in [0.25, 0.3) is 5.91 Å². The molecule has 1 aliphatic rings. The Morgan fingerprint density at radius 1 is 1.05 bits per heavy atom. The molecule has 2 heterocycles. The Hall–Kier alpha value is -3.12. The average Bonchev–Trinajstić information content (AvgIpc) is 3.39. The third-order valence-corrected chi connectivity index (χ3v) is 8.35. The first kappa shape index (κ1) is 26.9. The molecular formula is C31H38N2O3S. The van der Waals surface area contributed by atoms with Crippen LogP contribution >= 0.6 is 11.3 Å². The molecule has 2 amide bonds. The lowest BCUT2D eigenvalue weighted by Gasteiger charge is -2.38. The summed E-state index contributed by atoms with van der Waals surface area (Å²) >= 11 is 1.74. The number of aryl methyl sites for hydroxylation is 1. The molecule has 0 aliphatic carbocycles. The van der Waals surface area contributed by atoms with E-state index >= 15 is 0 Å². The van der Waals surface area contributed by atoms with Gasteiger partial charge in [-0.1, -0.05) is 50.6 Å². The van der Waals surface area contributed by atoms with E-state index in [0.717, 1.165) is 29.7 Å².